The molecule has 0 unspecified atom stereocenters. The van der Waals surface area contributed by atoms with Crippen molar-refractivity contribution in [1.82, 2.24) is 15.0 Å². The van der Waals surface area contributed by atoms with Gasteiger partial charge >= 0.3 is 0 Å². The molecule has 1 heterocycles. The van der Waals surface area contributed by atoms with Crippen molar-refractivity contribution in [3.05, 3.63) is 40.3 Å². The molecule has 3 rings (SSSR count). The lowest BCUT2D eigenvalue weighted by Crippen LogP contribution is -2.30. The molecule has 0 radical (unpaired) electrons. The van der Waals surface area contributed by atoms with Crippen LogP contribution in [0.2, 0.25) is 0 Å². The minimum atomic E-state index is -0.426. The van der Waals surface area contributed by atoms with Crippen LogP contribution in [0.3, 0.4) is 0 Å². The van der Waals surface area contributed by atoms with E-state index in [-0.39, 0.29) is 5.69 Å². The Labute approximate surface area is 140 Å². The number of non-ortho nitro benzene ring substituents is 1. The van der Waals surface area contributed by atoms with E-state index in [1.54, 1.807) is 12.1 Å². The number of nitrogens with zero attached hydrogens (tertiary/aromatic N) is 4. The molecule has 1 aromatic heterocycles. The summed E-state index contributed by atoms with van der Waals surface area (Å²) in [5, 5.41) is 14.8. The third-order valence-electron chi connectivity index (χ3n) is 4.62. The Morgan fingerprint density at radius 1 is 1.29 bits per heavy atom. The summed E-state index contributed by atoms with van der Waals surface area (Å²) < 4.78 is 5.34. The largest absolute Gasteiger partial charge is 0.338 e. The third kappa shape index (κ3) is 3.97. The molecule has 24 heavy (non-hydrogen) atoms. The molecule has 0 aliphatic heterocycles. The van der Waals surface area contributed by atoms with E-state index in [1.165, 1.54) is 50.7 Å². The van der Waals surface area contributed by atoms with Gasteiger partial charge in [-0.25, -0.2) is 0 Å². The van der Waals surface area contributed by atoms with Crippen LogP contribution in [-0.2, 0) is 6.54 Å². The molecule has 0 N–H and O–H groups in total. The summed E-state index contributed by atoms with van der Waals surface area (Å²) in [4.78, 5) is 17.1. The Hall–Kier alpha value is -2.28. The van der Waals surface area contributed by atoms with Gasteiger partial charge in [0.15, 0.2) is 0 Å². The number of nitro benzene ring substituents is 1. The van der Waals surface area contributed by atoms with Gasteiger partial charge in [-0.2, -0.15) is 4.98 Å². The molecular formula is C17H22N4O3. The van der Waals surface area contributed by atoms with Gasteiger partial charge in [0, 0.05) is 23.7 Å². The minimum absolute atomic E-state index is 0.0226. The van der Waals surface area contributed by atoms with Gasteiger partial charge in [0.25, 0.3) is 5.69 Å². The van der Waals surface area contributed by atoms with Crippen molar-refractivity contribution < 1.29 is 9.45 Å². The predicted octanol–water partition coefficient (Wildman–Crippen LogP) is 3.80. The molecule has 0 atom stereocenters. The molecule has 1 fully saturated rings. The van der Waals surface area contributed by atoms with Crippen LogP contribution < -0.4 is 0 Å². The fourth-order valence-electron chi connectivity index (χ4n) is 3.24. The average Bonchev–Trinajstić information content (AvgIpc) is 2.87. The Balaban J connectivity index is 1.69. The van der Waals surface area contributed by atoms with Gasteiger partial charge in [-0.05, 0) is 19.9 Å². The van der Waals surface area contributed by atoms with Crippen LogP contribution in [0.25, 0.3) is 11.4 Å². The van der Waals surface area contributed by atoms with E-state index in [4.69, 9.17) is 4.52 Å². The summed E-state index contributed by atoms with van der Waals surface area (Å²) in [7, 11) is 2.09. The Bertz CT molecular complexity index is 693. The fraction of sp³-hybridized carbons (Fsp3) is 0.529. The second-order valence-electron chi connectivity index (χ2n) is 6.38. The molecule has 0 amide bonds. The van der Waals surface area contributed by atoms with E-state index in [2.05, 4.69) is 22.1 Å². The van der Waals surface area contributed by atoms with Crippen molar-refractivity contribution in [3.63, 3.8) is 0 Å². The van der Waals surface area contributed by atoms with E-state index in [9.17, 15) is 10.1 Å². The predicted molar refractivity (Wildman–Crippen MR) is 89.3 cm³/mol. The molecule has 2 aromatic rings. The van der Waals surface area contributed by atoms with Gasteiger partial charge in [-0.15, -0.1) is 0 Å². The molecule has 0 saturated heterocycles. The summed E-state index contributed by atoms with van der Waals surface area (Å²) >= 11 is 0. The SMILES string of the molecule is CN(Cc1nc(-c2cccc([N+](=O)[O-])c2)no1)C1CCCCCC1. The van der Waals surface area contributed by atoms with E-state index in [0.717, 1.165) is 0 Å². The van der Waals surface area contributed by atoms with Gasteiger partial charge in [0.1, 0.15) is 0 Å². The molecular weight excluding hydrogens is 308 g/mol. The molecule has 0 bridgehead atoms. The second-order valence-corrected chi connectivity index (χ2v) is 6.38. The lowest BCUT2D eigenvalue weighted by molar-refractivity contribution is -0.384. The summed E-state index contributed by atoms with van der Waals surface area (Å²) in [6.45, 7) is 0.604. The second kappa shape index (κ2) is 7.53. The van der Waals surface area contributed by atoms with Crippen molar-refractivity contribution in [2.45, 2.75) is 51.1 Å². The normalized spacial score (nSPS) is 16.2. The number of aromatic nitrogens is 2. The standard InChI is InChI=1S/C17H22N4O3/c1-20(14-8-4-2-3-5-9-14)12-16-18-17(19-24-16)13-7-6-10-15(11-13)21(22)23/h6-7,10-11,14H,2-5,8-9,12H2,1H3. The smallest absolute Gasteiger partial charge is 0.270 e. The topological polar surface area (TPSA) is 85.3 Å². The van der Waals surface area contributed by atoms with Crippen LogP contribution in [0.4, 0.5) is 5.69 Å². The summed E-state index contributed by atoms with van der Waals surface area (Å²) in [6.07, 6.45) is 7.62. The van der Waals surface area contributed by atoms with Gasteiger partial charge in [-0.3, -0.25) is 15.0 Å². The first-order valence-electron chi connectivity index (χ1n) is 8.41. The first kappa shape index (κ1) is 16.6. The number of benzene rings is 1. The maximum Gasteiger partial charge on any atom is 0.270 e. The van der Waals surface area contributed by atoms with Gasteiger partial charge in [0.05, 0.1) is 11.5 Å². The number of hydrogen-bond acceptors (Lipinski definition) is 6. The molecule has 0 spiro atoms. The van der Waals surface area contributed by atoms with Crippen molar-refractivity contribution in [1.29, 1.82) is 0 Å². The van der Waals surface area contributed by atoms with Gasteiger partial charge < -0.3 is 4.52 Å². The molecule has 128 valence electrons. The zero-order valence-corrected chi connectivity index (χ0v) is 13.9. The summed E-state index contributed by atoms with van der Waals surface area (Å²) in [5.74, 6) is 0.936. The van der Waals surface area contributed by atoms with E-state index in [0.29, 0.717) is 29.9 Å². The molecule has 7 nitrogen and oxygen atoms in total. The first-order chi connectivity index (χ1) is 11.6. The highest BCUT2D eigenvalue weighted by Gasteiger charge is 2.20. The lowest BCUT2D eigenvalue weighted by atomic mass is 10.1. The van der Waals surface area contributed by atoms with Crippen LogP contribution in [-0.4, -0.2) is 33.1 Å². The highest BCUT2D eigenvalue weighted by molar-refractivity contribution is 5.58. The van der Waals surface area contributed by atoms with Crippen LogP contribution in [0.15, 0.2) is 28.8 Å². The highest BCUT2D eigenvalue weighted by atomic mass is 16.6. The maximum atomic E-state index is 10.9. The first-order valence-corrected chi connectivity index (χ1v) is 8.41. The monoisotopic (exact) mass is 330 g/mol. The average molecular weight is 330 g/mol. The fourth-order valence-corrected chi connectivity index (χ4v) is 3.24. The zero-order valence-electron chi connectivity index (χ0n) is 13.9. The Morgan fingerprint density at radius 2 is 2.04 bits per heavy atom. The van der Waals surface area contributed by atoms with E-state index >= 15 is 0 Å². The van der Waals surface area contributed by atoms with Gasteiger partial charge in [-0.1, -0.05) is 43.0 Å². The minimum Gasteiger partial charge on any atom is -0.338 e. The van der Waals surface area contributed by atoms with Crippen LogP contribution >= 0.6 is 0 Å². The number of hydrogen-bond donors (Lipinski definition) is 0. The Morgan fingerprint density at radius 3 is 2.75 bits per heavy atom. The molecule has 1 saturated carbocycles. The van der Waals surface area contributed by atoms with Gasteiger partial charge in [0.2, 0.25) is 11.7 Å². The third-order valence-corrected chi connectivity index (χ3v) is 4.62. The summed E-state index contributed by atoms with van der Waals surface area (Å²) in [5.41, 5.74) is 0.616. The molecule has 7 heteroatoms. The lowest BCUT2D eigenvalue weighted by Gasteiger charge is -2.25. The van der Waals surface area contributed by atoms with Crippen LogP contribution in [0.5, 0.6) is 0 Å². The van der Waals surface area contributed by atoms with Crippen molar-refractivity contribution in [3.8, 4) is 11.4 Å². The maximum absolute atomic E-state index is 10.9. The molecule has 1 aliphatic rings. The molecule has 1 aromatic carbocycles. The van der Waals surface area contributed by atoms with Crippen molar-refractivity contribution in [2.24, 2.45) is 0 Å². The quantitative estimate of drug-likeness (QED) is 0.471. The number of rotatable bonds is 5. The van der Waals surface area contributed by atoms with Crippen molar-refractivity contribution >= 4 is 5.69 Å². The number of nitro groups is 1. The van der Waals surface area contributed by atoms with Crippen LogP contribution in [0, 0.1) is 10.1 Å². The zero-order chi connectivity index (χ0) is 16.9. The summed E-state index contributed by atoms with van der Waals surface area (Å²) in [6, 6.07) is 6.84. The molecule has 1 aliphatic carbocycles. The highest BCUT2D eigenvalue weighted by Crippen LogP contribution is 2.24. The van der Waals surface area contributed by atoms with E-state index < -0.39 is 4.92 Å². The Kier molecular flexibility index (Phi) is 5.20. The van der Waals surface area contributed by atoms with Crippen molar-refractivity contribution in [2.75, 3.05) is 7.05 Å². The van der Waals surface area contributed by atoms with E-state index in [1.807, 2.05) is 0 Å². The van der Waals surface area contributed by atoms with Crippen LogP contribution in [0.1, 0.15) is 44.4 Å².